The Balaban J connectivity index is 2.00. The minimum atomic E-state index is -1.02. The van der Waals surface area contributed by atoms with Gasteiger partial charge in [-0.15, -0.1) is 22.7 Å². The van der Waals surface area contributed by atoms with Crippen LogP contribution in [0.25, 0.3) is 20.2 Å². The Morgan fingerprint density at radius 1 is 0.824 bits per heavy atom. The molecule has 0 unspecified atom stereocenters. The van der Waals surface area contributed by atoms with Gasteiger partial charge in [0.1, 0.15) is 0 Å². The number of thiophene rings is 2. The van der Waals surface area contributed by atoms with E-state index in [2.05, 4.69) is 34.6 Å². The van der Waals surface area contributed by atoms with E-state index in [-0.39, 0.29) is 17.0 Å². The third-order valence-corrected chi connectivity index (χ3v) is 9.25. The molecule has 0 saturated carbocycles. The van der Waals surface area contributed by atoms with Gasteiger partial charge in [-0.05, 0) is 70.5 Å². The van der Waals surface area contributed by atoms with Crippen LogP contribution < -0.4 is 9.55 Å². The van der Waals surface area contributed by atoms with Crippen molar-refractivity contribution in [2.45, 2.75) is 79.1 Å². The van der Waals surface area contributed by atoms with E-state index in [0.29, 0.717) is 5.56 Å². The number of fused-ring (bicyclic) bond motifs is 3. The molecule has 5 nitrogen and oxygen atoms in total. The maximum Gasteiger partial charge on any atom is 0.341 e. The quantitative estimate of drug-likeness (QED) is 0.356. The molecular formula is C25H34B2O5S2. The molecule has 0 bridgehead atoms. The van der Waals surface area contributed by atoms with Gasteiger partial charge >= 0.3 is 20.9 Å². The molecule has 0 aliphatic carbocycles. The van der Waals surface area contributed by atoms with Crippen molar-refractivity contribution in [2.75, 3.05) is 7.11 Å². The maximum atomic E-state index is 12.6. The number of esters is 1. The zero-order valence-electron chi connectivity index (χ0n) is 21.8. The Bertz CT molecular complexity index is 1200. The van der Waals surface area contributed by atoms with Crippen LogP contribution in [0.2, 0.25) is 0 Å². The molecule has 2 aromatic heterocycles. The monoisotopic (exact) mass is 500 g/mol. The fourth-order valence-corrected chi connectivity index (χ4v) is 5.05. The second-order valence-electron chi connectivity index (χ2n) is 11.2. The summed E-state index contributed by atoms with van der Waals surface area (Å²) in [5, 5.41) is 12.2. The Morgan fingerprint density at radius 2 is 1.35 bits per heavy atom. The fourth-order valence-electron chi connectivity index (χ4n) is 2.85. The number of rotatable bonds is 8. The van der Waals surface area contributed by atoms with Gasteiger partial charge in [0.05, 0.1) is 38.9 Å². The van der Waals surface area contributed by atoms with E-state index in [1.54, 1.807) is 44.0 Å². The predicted octanol–water partition coefficient (Wildman–Crippen LogP) is 4.80. The van der Waals surface area contributed by atoms with Crippen LogP contribution in [0.3, 0.4) is 0 Å². The van der Waals surface area contributed by atoms with Crippen molar-refractivity contribution in [3.05, 3.63) is 23.8 Å². The average Bonchev–Trinajstić information content (AvgIpc) is 3.31. The van der Waals surface area contributed by atoms with Crippen LogP contribution in [0.4, 0.5) is 0 Å². The standard InChI is InChI=1S/C25H34B2O5S2/c1-22(2,3)24(6,7)31-26-17-12-14-11-16(21(28)30-10)15-13-18(34-20(15)19(14)33-17)27-32-25(8,9)23(4,5)29/h11-13,29H,1-10H3. The number of benzene rings is 1. The first-order valence-electron chi connectivity index (χ1n) is 11.3. The van der Waals surface area contributed by atoms with Crippen molar-refractivity contribution in [1.29, 1.82) is 0 Å². The maximum absolute atomic E-state index is 12.6. The Kier molecular flexibility index (Phi) is 7.40. The van der Waals surface area contributed by atoms with Crippen molar-refractivity contribution >= 4 is 73.3 Å². The number of carbonyl (C=O) groups is 1. The number of aliphatic hydroxyl groups is 1. The van der Waals surface area contributed by atoms with Crippen molar-refractivity contribution in [3.8, 4) is 0 Å². The summed E-state index contributed by atoms with van der Waals surface area (Å²) in [6.07, 6.45) is 0. The van der Waals surface area contributed by atoms with Gasteiger partial charge in [0, 0.05) is 14.9 Å². The second kappa shape index (κ2) is 9.25. The molecule has 2 radical (unpaired) electrons. The predicted molar refractivity (Wildman–Crippen MR) is 145 cm³/mol. The van der Waals surface area contributed by atoms with Crippen molar-refractivity contribution in [2.24, 2.45) is 5.41 Å². The molecular weight excluding hydrogens is 466 g/mol. The molecule has 0 aliphatic rings. The first-order chi connectivity index (χ1) is 15.5. The van der Waals surface area contributed by atoms with Crippen molar-refractivity contribution in [1.82, 2.24) is 0 Å². The molecule has 0 saturated heterocycles. The Morgan fingerprint density at radius 3 is 1.88 bits per heavy atom. The molecule has 0 atom stereocenters. The third kappa shape index (κ3) is 5.39. The first-order valence-corrected chi connectivity index (χ1v) is 12.9. The molecule has 9 heteroatoms. The van der Waals surface area contributed by atoms with E-state index in [1.165, 1.54) is 7.11 Å². The average molecular weight is 500 g/mol. The van der Waals surface area contributed by atoms with E-state index in [4.69, 9.17) is 14.0 Å². The van der Waals surface area contributed by atoms with Gasteiger partial charge in [-0.1, -0.05) is 20.8 Å². The van der Waals surface area contributed by atoms with Gasteiger partial charge < -0.3 is 19.2 Å². The summed E-state index contributed by atoms with van der Waals surface area (Å²) in [6.45, 7) is 17.8. The van der Waals surface area contributed by atoms with Crippen LogP contribution in [0.1, 0.15) is 72.7 Å². The highest BCUT2D eigenvalue weighted by molar-refractivity contribution is 7.34. The van der Waals surface area contributed by atoms with Crippen LogP contribution in [-0.2, 0) is 14.0 Å². The highest BCUT2D eigenvalue weighted by Crippen LogP contribution is 2.36. The van der Waals surface area contributed by atoms with Crippen LogP contribution in [0.15, 0.2) is 18.2 Å². The molecule has 34 heavy (non-hydrogen) atoms. The number of carbonyl (C=O) groups excluding carboxylic acids is 1. The minimum absolute atomic E-state index is 0.0269. The smallest absolute Gasteiger partial charge is 0.341 e. The molecule has 2 heterocycles. The molecule has 1 N–H and O–H groups in total. The molecule has 0 fully saturated rings. The van der Waals surface area contributed by atoms with Crippen molar-refractivity contribution < 1.29 is 23.9 Å². The normalized spacial score (nSPS) is 13.5. The number of hydrogen-bond donors (Lipinski definition) is 1. The zero-order valence-corrected chi connectivity index (χ0v) is 23.4. The lowest BCUT2D eigenvalue weighted by Crippen LogP contribution is -2.49. The van der Waals surface area contributed by atoms with Crippen LogP contribution in [0.5, 0.6) is 0 Å². The van der Waals surface area contributed by atoms with E-state index < -0.39 is 11.2 Å². The SMILES string of the molecule is COC(=O)c1cc2cc([B]OC(C)(C)C(C)(C)C)sc2c2sc([B]OC(C)(C)C(C)(C)O)cc12. The van der Waals surface area contributed by atoms with Gasteiger partial charge in [-0.25, -0.2) is 4.79 Å². The summed E-state index contributed by atoms with van der Waals surface area (Å²) in [7, 11) is 4.86. The lowest BCUT2D eigenvalue weighted by atomic mass is 9.77. The molecule has 1 aromatic carbocycles. The van der Waals surface area contributed by atoms with Gasteiger partial charge in [0.25, 0.3) is 0 Å². The second-order valence-corrected chi connectivity index (χ2v) is 13.3. The summed E-state index contributed by atoms with van der Waals surface area (Å²) < 4.78 is 21.1. The first kappa shape index (κ1) is 27.2. The molecule has 0 aliphatic heterocycles. The summed E-state index contributed by atoms with van der Waals surface area (Å²) in [5.74, 6) is -0.379. The van der Waals surface area contributed by atoms with Crippen LogP contribution in [-0.4, -0.2) is 50.0 Å². The summed E-state index contributed by atoms with van der Waals surface area (Å²) in [4.78, 5) is 12.6. The van der Waals surface area contributed by atoms with Gasteiger partial charge in [-0.3, -0.25) is 0 Å². The van der Waals surface area contributed by atoms with E-state index in [9.17, 15) is 9.90 Å². The highest BCUT2D eigenvalue weighted by Gasteiger charge is 2.36. The number of methoxy groups -OCH3 is 1. The van der Waals surface area contributed by atoms with Crippen LogP contribution in [0, 0.1) is 5.41 Å². The van der Waals surface area contributed by atoms with E-state index in [0.717, 1.165) is 29.7 Å². The Hall–Kier alpha value is -1.38. The minimum Gasteiger partial charge on any atom is -0.465 e. The topological polar surface area (TPSA) is 65.0 Å². The largest absolute Gasteiger partial charge is 0.465 e. The molecule has 0 spiro atoms. The van der Waals surface area contributed by atoms with Crippen molar-refractivity contribution in [3.63, 3.8) is 0 Å². The molecule has 182 valence electrons. The fraction of sp³-hybridized carbons (Fsp3) is 0.560. The zero-order chi connectivity index (χ0) is 25.7. The number of hydrogen-bond acceptors (Lipinski definition) is 7. The van der Waals surface area contributed by atoms with Gasteiger partial charge in [0.2, 0.25) is 0 Å². The summed E-state index contributed by atoms with van der Waals surface area (Å²) in [6, 6.07) is 5.86. The van der Waals surface area contributed by atoms with E-state index in [1.807, 2.05) is 39.5 Å². The Labute approximate surface area is 212 Å². The highest BCUT2D eigenvalue weighted by atomic mass is 32.1. The summed E-state index contributed by atoms with van der Waals surface area (Å²) in [5.41, 5.74) is -1.66. The number of ether oxygens (including phenoxy) is 1. The van der Waals surface area contributed by atoms with Gasteiger partial charge in [0.15, 0.2) is 0 Å². The van der Waals surface area contributed by atoms with E-state index >= 15 is 0 Å². The lowest BCUT2D eigenvalue weighted by molar-refractivity contribution is -0.0892. The van der Waals surface area contributed by atoms with Crippen LogP contribution >= 0.6 is 22.7 Å². The molecule has 3 rings (SSSR count). The summed E-state index contributed by atoms with van der Waals surface area (Å²) >= 11 is 3.18. The molecule has 3 aromatic rings. The van der Waals surface area contributed by atoms with Gasteiger partial charge in [-0.2, -0.15) is 0 Å². The lowest BCUT2D eigenvalue weighted by Gasteiger charge is -2.39. The molecule has 0 amide bonds. The third-order valence-electron chi connectivity index (χ3n) is 6.95.